The summed E-state index contributed by atoms with van der Waals surface area (Å²) < 4.78 is 51.1. The quantitative estimate of drug-likeness (QED) is 0.453. The molecular formula is C20H25F3N2O6. The summed E-state index contributed by atoms with van der Waals surface area (Å²) in [7, 11) is 0. The van der Waals surface area contributed by atoms with Gasteiger partial charge in [0.25, 0.3) is 0 Å². The molecule has 1 aliphatic rings. The Labute approximate surface area is 176 Å². The number of alkyl halides is 3. The minimum Gasteiger partial charge on any atom is -0.443 e. The largest absolute Gasteiger partial charge is 0.443 e. The molecule has 8 nitrogen and oxygen atoms in total. The minimum atomic E-state index is -4.74. The van der Waals surface area contributed by atoms with Crippen LogP contribution in [0.2, 0.25) is 0 Å². The fourth-order valence-corrected chi connectivity index (χ4v) is 3.34. The van der Waals surface area contributed by atoms with Crippen LogP contribution >= 0.6 is 0 Å². The molecule has 2 aromatic rings. The molecule has 0 unspecified atom stereocenters. The van der Waals surface area contributed by atoms with Gasteiger partial charge < -0.3 is 29.9 Å². The Morgan fingerprint density at radius 3 is 2.29 bits per heavy atom. The standard InChI is InChI=1S/C20H25F3N2O6/c1-9(2)11-5-3-10(4-6-11)7-12-17(20(21,22)23)24-25-18(12)31-19-16(29)15(28)14(27)13(8-26)30-19/h3-6,9,13-16,19,26-29H,7-8H2,1-2H3,(H,24,25)/t13-,14-,15+,16-,19-/m1/s1. The normalized spacial score (nSPS) is 27.0. The van der Waals surface area contributed by atoms with Gasteiger partial charge in [0.2, 0.25) is 12.2 Å². The Hall–Kier alpha value is -2.18. The van der Waals surface area contributed by atoms with Crippen LogP contribution in [0.3, 0.4) is 0 Å². The average molecular weight is 446 g/mol. The Kier molecular flexibility index (Phi) is 6.92. The molecule has 172 valence electrons. The predicted molar refractivity (Wildman–Crippen MR) is 101 cm³/mol. The van der Waals surface area contributed by atoms with Crippen molar-refractivity contribution in [2.45, 2.75) is 63.1 Å². The zero-order chi connectivity index (χ0) is 22.9. The number of nitrogens with one attached hydrogen (secondary N) is 1. The highest BCUT2D eigenvalue weighted by molar-refractivity contribution is 5.38. The van der Waals surface area contributed by atoms with E-state index in [0.29, 0.717) is 5.56 Å². The van der Waals surface area contributed by atoms with Crippen LogP contribution in [0.4, 0.5) is 13.2 Å². The average Bonchev–Trinajstić information content (AvgIpc) is 3.11. The monoisotopic (exact) mass is 446 g/mol. The van der Waals surface area contributed by atoms with Gasteiger partial charge in [-0.25, -0.2) is 0 Å². The van der Waals surface area contributed by atoms with Gasteiger partial charge in [-0.15, -0.1) is 5.10 Å². The maximum Gasteiger partial charge on any atom is 0.433 e. The lowest BCUT2D eigenvalue weighted by molar-refractivity contribution is -0.278. The van der Waals surface area contributed by atoms with E-state index in [1.807, 2.05) is 31.1 Å². The number of benzene rings is 1. The summed E-state index contributed by atoms with van der Waals surface area (Å²) in [6, 6.07) is 7.07. The van der Waals surface area contributed by atoms with Gasteiger partial charge in [-0.1, -0.05) is 38.1 Å². The third kappa shape index (κ3) is 5.01. The van der Waals surface area contributed by atoms with E-state index in [1.54, 1.807) is 12.1 Å². The van der Waals surface area contributed by atoms with E-state index in [1.165, 1.54) is 0 Å². The molecular weight excluding hydrogens is 421 g/mol. The van der Waals surface area contributed by atoms with Crippen molar-refractivity contribution in [1.82, 2.24) is 10.2 Å². The lowest BCUT2D eigenvalue weighted by Gasteiger charge is -2.39. The molecule has 5 atom stereocenters. The fraction of sp³-hybridized carbons (Fsp3) is 0.550. The van der Waals surface area contributed by atoms with Crippen LogP contribution in [0.5, 0.6) is 5.88 Å². The zero-order valence-corrected chi connectivity index (χ0v) is 16.9. The van der Waals surface area contributed by atoms with Crippen LogP contribution in [0.15, 0.2) is 24.3 Å². The Morgan fingerprint density at radius 2 is 1.74 bits per heavy atom. The Balaban J connectivity index is 1.89. The van der Waals surface area contributed by atoms with Crippen LogP contribution in [-0.2, 0) is 17.3 Å². The third-order valence-corrected chi connectivity index (χ3v) is 5.22. The maximum atomic E-state index is 13.5. The molecule has 1 saturated heterocycles. The molecule has 31 heavy (non-hydrogen) atoms. The smallest absolute Gasteiger partial charge is 0.433 e. The second-order valence-corrected chi connectivity index (χ2v) is 7.77. The summed E-state index contributed by atoms with van der Waals surface area (Å²) >= 11 is 0. The summed E-state index contributed by atoms with van der Waals surface area (Å²) in [6.45, 7) is 3.30. The second kappa shape index (κ2) is 9.13. The van der Waals surface area contributed by atoms with Crippen molar-refractivity contribution in [2.24, 2.45) is 0 Å². The molecule has 0 aliphatic carbocycles. The van der Waals surface area contributed by atoms with Crippen LogP contribution in [0.1, 0.15) is 42.1 Å². The Bertz CT molecular complexity index is 869. The summed E-state index contributed by atoms with van der Waals surface area (Å²) in [5.74, 6) is -0.205. The molecule has 0 radical (unpaired) electrons. The first-order valence-corrected chi connectivity index (χ1v) is 9.73. The van der Waals surface area contributed by atoms with E-state index in [9.17, 15) is 33.6 Å². The number of hydrogen-bond acceptors (Lipinski definition) is 7. The zero-order valence-electron chi connectivity index (χ0n) is 16.9. The van der Waals surface area contributed by atoms with Crippen molar-refractivity contribution in [3.8, 4) is 5.88 Å². The molecule has 0 amide bonds. The summed E-state index contributed by atoms with van der Waals surface area (Å²) in [6.07, 6.45) is -13.0. The van der Waals surface area contributed by atoms with Gasteiger partial charge in [-0.2, -0.15) is 13.2 Å². The summed E-state index contributed by atoms with van der Waals surface area (Å²) in [5.41, 5.74) is 0.196. The number of aromatic amines is 1. The topological polar surface area (TPSA) is 128 Å². The van der Waals surface area contributed by atoms with E-state index in [2.05, 4.69) is 5.10 Å². The lowest BCUT2D eigenvalue weighted by atomic mass is 9.98. The van der Waals surface area contributed by atoms with E-state index < -0.39 is 55.1 Å². The van der Waals surface area contributed by atoms with Gasteiger partial charge in [-0.3, -0.25) is 5.10 Å². The number of nitrogens with zero attached hydrogens (tertiary/aromatic N) is 1. The van der Waals surface area contributed by atoms with Crippen molar-refractivity contribution in [1.29, 1.82) is 0 Å². The van der Waals surface area contributed by atoms with E-state index in [4.69, 9.17) is 9.47 Å². The summed E-state index contributed by atoms with van der Waals surface area (Å²) in [5, 5.41) is 44.6. The number of rotatable bonds is 6. The SMILES string of the molecule is CC(C)c1ccc(Cc2c(O[C@H]3O[C@H](CO)[C@@H](O)[C@H](O)[C@H]3O)n[nH]c2C(F)(F)F)cc1. The maximum absolute atomic E-state index is 13.5. The molecule has 0 spiro atoms. The first-order chi connectivity index (χ1) is 14.5. The number of aliphatic hydroxyl groups is 4. The van der Waals surface area contributed by atoms with Gasteiger partial charge in [-0.05, 0) is 17.0 Å². The highest BCUT2D eigenvalue weighted by atomic mass is 19.4. The van der Waals surface area contributed by atoms with Crippen molar-refractivity contribution in [2.75, 3.05) is 6.61 Å². The molecule has 11 heteroatoms. The highest BCUT2D eigenvalue weighted by Crippen LogP contribution is 2.36. The van der Waals surface area contributed by atoms with Crippen LogP contribution < -0.4 is 4.74 Å². The van der Waals surface area contributed by atoms with Gasteiger partial charge >= 0.3 is 6.18 Å². The molecule has 0 bridgehead atoms. The lowest BCUT2D eigenvalue weighted by Crippen LogP contribution is -2.60. The van der Waals surface area contributed by atoms with Crippen LogP contribution in [0.25, 0.3) is 0 Å². The van der Waals surface area contributed by atoms with Crippen molar-refractivity contribution in [3.63, 3.8) is 0 Å². The minimum absolute atomic E-state index is 0.170. The molecule has 5 N–H and O–H groups in total. The van der Waals surface area contributed by atoms with Crippen molar-refractivity contribution in [3.05, 3.63) is 46.6 Å². The number of aliphatic hydroxyl groups excluding tert-OH is 4. The highest BCUT2D eigenvalue weighted by Gasteiger charge is 2.46. The summed E-state index contributed by atoms with van der Waals surface area (Å²) in [4.78, 5) is 0. The molecule has 1 fully saturated rings. The first-order valence-electron chi connectivity index (χ1n) is 9.73. The molecule has 0 saturated carbocycles. The first kappa shape index (κ1) is 23.5. The van der Waals surface area contributed by atoms with Gasteiger partial charge in [0.05, 0.1) is 12.2 Å². The van der Waals surface area contributed by atoms with Gasteiger partial charge in [0.15, 0.2) is 0 Å². The molecule has 2 heterocycles. The molecule has 1 aromatic carbocycles. The number of aromatic nitrogens is 2. The van der Waals surface area contributed by atoms with Crippen LogP contribution in [0, 0.1) is 0 Å². The molecule has 1 aliphatic heterocycles. The number of ether oxygens (including phenoxy) is 2. The molecule has 1 aromatic heterocycles. The van der Waals surface area contributed by atoms with Crippen molar-refractivity contribution < 1.29 is 43.1 Å². The van der Waals surface area contributed by atoms with Gasteiger partial charge in [0.1, 0.15) is 30.1 Å². The predicted octanol–water partition coefficient (Wildman–Crippen LogP) is 1.32. The molecule has 3 rings (SSSR count). The second-order valence-electron chi connectivity index (χ2n) is 7.77. The number of H-pyrrole nitrogens is 1. The van der Waals surface area contributed by atoms with E-state index in [0.717, 1.165) is 5.56 Å². The number of hydrogen-bond donors (Lipinski definition) is 5. The van der Waals surface area contributed by atoms with Crippen LogP contribution in [-0.4, -0.2) is 67.9 Å². The van der Waals surface area contributed by atoms with Gasteiger partial charge in [0, 0.05) is 6.42 Å². The van der Waals surface area contributed by atoms with E-state index >= 15 is 0 Å². The number of halogens is 3. The fourth-order valence-electron chi connectivity index (χ4n) is 3.34. The third-order valence-electron chi connectivity index (χ3n) is 5.22. The van der Waals surface area contributed by atoms with E-state index in [-0.39, 0.29) is 17.9 Å². The van der Waals surface area contributed by atoms with Crippen molar-refractivity contribution >= 4 is 0 Å². The Morgan fingerprint density at radius 1 is 1.10 bits per heavy atom.